The van der Waals surface area contributed by atoms with Gasteiger partial charge in [0.1, 0.15) is 0 Å². The van der Waals surface area contributed by atoms with E-state index in [4.69, 9.17) is 0 Å². The van der Waals surface area contributed by atoms with E-state index < -0.39 is 0 Å². The Balaban J connectivity index is 1.04. The van der Waals surface area contributed by atoms with E-state index in [1.54, 1.807) is 0 Å². The predicted molar refractivity (Wildman–Crippen MR) is 283 cm³/mol. The average Bonchev–Trinajstić information content (AvgIpc) is 3.82. The summed E-state index contributed by atoms with van der Waals surface area (Å²) in [5.74, 6) is 0. The second-order valence-electron chi connectivity index (χ2n) is 18.2. The second kappa shape index (κ2) is 16.6. The maximum Gasteiger partial charge on any atom is 0.0561 e. The molecule has 67 heavy (non-hydrogen) atoms. The van der Waals surface area contributed by atoms with Gasteiger partial charge in [0.25, 0.3) is 0 Å². The molecule has 0 radical (unpaired) electrons. The summed E-state index contributed by atoms with van der Waals surface area (Å²) in [5, 5.41) is 2.48. The van der Waals surface area contributed by atoms with Crippen molar-refractivity contribution in [3.63, 3.8) is 0 Å². The molecule has 0 spiro atoms. The number of nitrogens with zero attached hydrogens (tertiary/aromatic N) is 4. The van der Waals surface area contributed by atoms with E-state index in [1.165, 1.54) is 49.7 Å². The van der Waals surface area contributed by atoms with E-state index in [1.807, 2.05) is 0 Å². The smallest absolute Gasteiger partial charge is 0.0561 e. The number of benzene rings is 9. The molecule has 9 aromatic carbocycles. The third kappa shape index (κ3) is 7.01. The lowest BCUT2D eigenvalue weighted by molar-refractivity contribution is 0.661. The Bertz CT molecular complexity index is 3370. The Labute approximate surface area is 393 Å². The zero-order valence-electron chi connectivity index (χ0n) is 37.7. The number of fused-ring (bicyclic) bond motifs is 6. The van der Waals surface area contributed by atoms with Crippen LogP contribution in [0.5, 0.6) is 0 Å². The molecule has 2 aliphatic rings. The summed E-state index contributed by atoms with van der Waals surface area (Å²) >= 11 is 0. The minimum Gasteiger partial charge on any atom is -0.334 e. The summed E-state index contributed by atoms with van der Waals surface area (Å²) in [6.07, 6.45) is 9.87. The highest BCUT2D eigenvalue weighted by Crippen LogP contribution is 2.53. The molecule has 1 unspecified atom stereocenters. The van der Waals surface area contributed by atoms with Crippen LogP contribution in [0.3, 0.4) is 0 Å². The van der Waals surface area contributed by atoms with E-state index in [2.05, 4.69) is 282 Å². The average molecular weight is 863 g/mol. The van der Waals surface area contributed by atoms with Gasteiger partial charge in [0, 0.05) is 67.4 Å². The summed E-state index contributed by atoms with van der Waals surface area (Å²) < 4.78 is 2.50. The van der Waals surface area contributed by atoms with Crippen LogP contribution in [0.15, 0.2) is 249 Å². The van der Waals surface area contributed by atoms with Gasteiger partial charge in [0.05, 0.1) is 17.1 Å². The van der Waals surface area contributed by atoms with Crippen molar-refractivity contribution in [2.75, 3.05) is 14.7 Å². The van der Waals surface area contributed by atoms with Crippen LogP contribution in [0.1, 0.15) is 31.4 Å². The number of aromatic nitrogens is 1. The van der Waals surface area contributed by atoms with Crippen LogP contribution in [0.25, 0.3) is 38.6 Å². The Morgan fingerprint density at radius 3 is 1.43 bits per heavy atom. The summed E-state index contributed by atoms with van der Waals surface area (Å²) in [7, 11) is 0. The van der Waals surface area contributed by atoms with Crippen molar-refractivity contribution in [2.24, 2.45) is 0 Å². The highest BCUT2D eigenvalue weighted by Gasteiger charge is 2.37. The molecule has 0 bridgehead atoms. The van der Waals surface area contributed by atoms with Crippen LogP contribution < -0.4 is 14.7 Å². The van der Waals surface area contributed by atoms with Crippen LogP contribution in [-0.2, 0) is 5.41 Å². The first-order valence-corrected chi connectivity index (χ1v) is 23.4. The standard InChI is InChI=1S/C63H50N4/c1-63(2)59-41-53(65(47-25-13-5-14-26-47)48-27-15-6-16-28-48)37-39-55(59)57-43-58-56-40-38-54(66(49-29-17-7-18-30-49)50-31-19-8-20-32-50)42-61(56)67(62(58)44-60(57)63)52-35-33-51(34-36-52)64(45-21-9-3-10-22-45)46-23-11-4-12-24-46/h3-31,33-44,50H,32H2,1-2H3. The van der Waals surface area contributed by atoms with Crippen molar-refractivity contribution in [2.45, 2.75) is 31.7 Å². The molecule has 0 saturated heterocycles. The van der Waals surface area contributed by atoms with Gasteiger partial charge in [-0.15, -0.1) is 0 Å². The monoisotopic (exact) mass is 862 g/mol. The fraction of sp³-hybridized carbons (Fsp3) is 0.0794. The minimum absolute atomic E-state index is 0.189. The van der Waals surface area contributed by atoms with Crippen LogP contribution in [0.2, 0.25) is 0 Å². The number of anilines is 8. The number of allylic oxidation sites excluding steroid dienone is 2. The highest BCUT2D eigenvalue weighted by molar-refractivity contribution is 6.12. The lowest BCUT2D eigenvalue weighted by atomic mass is 9.82. The first kappa shape index (κ1) is 40.2. The van der Waals surface area contributed by atoms with Crippen LogP contribution in [-0.4, -0.2) is 10.6 Å². The number of para-hydroxylation sites is 5. The number of hydrogen-bond acceptors (Lipinski definition) is 3. The lowest BCUT2D eigenvalue weighted by Crippen LogP contribution is -2.29. The van der Waals surface area contributed by atoms with E-state index in [-0.39, 0.29) is 11.5 Å². The first-order valence-electron chi connectivity index (χ1n) is 23.4. The molecule has 2 aliphatic carbocycles. The summed E-state index contributed by atoms with van der Waals surface area (Å²) in [5.41, 5.74) is 17.6. The Morgan fingerprint density at radius 1 is 0.403 bits per heavy atom. The SMILES string of the molecule is CC1(C)c2cc(N(c3ccccc3)c3ccccc3)ccc2-c2cc3c4ccc(N(c5ccccc5)C5C=CC=CC5)cc4n(-c4ccc(N(c5ccccc5)c5ccccc5)cc4)c3cc21. The van der Waals surface area contributed by atoms with Crippen molar-refractivity contribution >= 4 is 67.3 Å². The van der Waals surface area contributed by atoms with Crippen molar-refractivity contribution in [1.82, 2.24) is 4.57 Å². The van der Waals surface area contributed by atoms with Gasteiger partial charge in [-0.05, 0) is 150 Å². The van der Waals surface area contributed by atoms with Crippen molar-refractivity contribution in [3.8, 4) is 16.8 Å². The van der Waals surface area contributed by atoms with Gasteiger partial charge in [0.15, 0.2) is 0 Å². The number of rotatable bonds is 10. The Kier molecular flexibility index (Phi) is 9.95. The van der Waals surface area contributed by atoms with Crippen LogP contribution in [0.4, 0.5) is 45.5 Å². The largest absolute Gasteiger partial charge is 0.334 e. The third-order valence-corrected chi connectivity index (χ3v) is 13.8. The maximum absolute atomic E-state index is 2.50. The maximum atomic E-state index is 2.50. The molecule has 1 atom stereocenters. The molecule has 4 nitrogen and oxygen atoms in total. The fourth-order valence-electron chi connectivity index (χ4n) is 10.6. The molecule has 0 amide bonds. The molecule has 12 rings (SSSR count). The zero-order valence-corrected chi connectivity index (χ0v) is 37.7. The molecular formula is C63H50N4. The Morgan fingerprint density at radius 2 is 0.881 bits per heavy atom. The van der Waals surface area contributed by atoms with Crippen molar-refractivity contribution in [1.29, 1.82) is 0 Å². The molecule has 0 fully saturated rings. The van der Waals surface area contributed by atoms with Gasteiger partial charge in [-0.25, -0.2) is 0 Å². The molecule has 1 aromatic heterocycles. The molecule has 0 saturated carbocycles. The number of hydrogen-bond donors (Lipinski definition) is 0. The Hall–Kier alpha value is -8.34. The minimum atomic E-state index is -0.263. The quantitative estimate of drug-likeness (QED) is 0.136. The zero-order chi connectivity index (χ0) is 44.9. The van der Waals surface area contributed by atoms with Crippen LogP contribution >= 0.6 is 0 Å². The molecule has 0 aliphatic heterocycles. The van der Waals surface area contributed by atoms with Crippen molar-refractivity contribution in [3.05, 3.63) is 260 Å². The predicted octanol–water partition coefficient (Wildman–Crippen LogP) is 17.1. The molecule has 4 heteroatoms. The second-order valence-corrected chi connectivity index (χ2v) is 18.2. The molecule has 0 N–H and O–H groups in total. The van der Waals surface area contributed by atoms with Gasteiger partial charge >= 0.3 is 0 Å². The van der Waals surface area contributed by atoms with E-state index >= 15 is 0 Å². The van der Waals surface area contributed by atoms with Gasteiger partial charge in [0.2, 0.25) is 0 Å². The highest BCUT2D eigenvalue weighted by atomic mass is 15.2. The summed E-state index contributed by atoms with van der Waals surface area (Å²) in [4.78, 5) is 7.19. The third-order valence-electron chi connectivity index (χ3n) is 13.8. The first-order chi connectivity index (χ1) is 33.0. The molecular weight excluding hydrogens is 813 g/mol. The van der Waals surface area contributed by atoms with Gasteiger partial charge in [-0.2, -0.15) is 0 Å². The van der Waals surface area contributed by atoms with E-state index in [9.17, 15) is 0 Å². The molecule has 10 aromatic rings. The fourth-order valence-corrected chi connectivity index (χ4v) is 10.6. The van der Waals surface area contributed by atoms with Gasteiger partial charge in [-0.1, -0.05) is 141 Å². The molecule has 1 heterocycles. The van der Waals surface area contributed by atoms with Crippen LogP contribution in [0, 0.1) is 0 Å². The normalized spacial score (nSPS) is 14.5. The summed E-state index contributed by atoms with van der Waals surface area (Å²) in [6.45, 7) is 4.79. The molecule has 322 valence electrons. The van der Waals surface area contributed by atoms with E-state index in [0.717, 1.165) is 51.9 Å². The van der Waals surface area contributed by atoms with Gasteiger partial charge < -0.3 is 19.3 Å². The van der Waals surface area contributed by atoms with Gasteiger partial charge in [-0.3, -0.25) is 0 Å². The topological polar surface area (TPSA) is 14.7 Å². The summed E-state index contributed by atoms with van der Waals surface area (Å²) in [6, 6.07) is 82.0. The lowest BCUT2D eigenvalue weighted by Gasteiger charge is -2.32. The van der Waals surface area contributed by atoms with Crippen molar-refractivity contribution < 1.29 is 0 Å². The van der Waals surface area contributed by atoms with E-state index in [0.29, 0.717) is 0 Å².